The maximum atomic E-state index is 12.4. The van der Waals surface area contributed by atoms with Crippen molar-refractivity contribution < 1.29 is 9.53 Å². The fourth-order valence-electron chi connectivity index (χ4n) is 2.60. The van der Waals surface area contributed by atoms with Gasteiger partial charge in [0.05, 0.1) is 12.8 Å². The van der Waals surface area contributed by atoms with Gasteiger partial charge in [0.25, 0.3) is 0 Å². The lowest BCUT2D eigenvalue weighted by Gasteiger charge is -2.14. The number of carbonyl (C=O) groups excluding carboxylic acids is 1. The number of pyridine rings is 1. The summed E-state index contributed by atoms with van der Waals surface area (Å²) in [5, 5.41) is 0. The molecule has 1 aliphatic rings. The highest BCUT2D eigenvalue weighted by Gasteiger charge is 2.30. The van der Waals surface area contributed by atoms with E-state index in [1.807, 2.05) is 6.07 Å². The van der Waals surface area contributed by atoms with Gasteiger partial charge in [-0.25, -0.2) is 0 Å². The zero-order valence-electron chi connectivity index (χ0n) is 11.2. The third-order valence-electron chi connectivity index (χ3n) is 3.67. The number of ether oxygens (including phenoxy) is 1. The Morgan fingerprint density at radius 3 is 2.94 bits per heavy atom. The Morgan fingerprint density at radius 2 is 2.28 bits per heavy atom. The highest BCUT2D eigenvalue weighted by atomic mass is 16.5. The number of aromatic nitrogens is 1. The van der Waals surface area contributed by atoms with Crippen LogP contribution >= 0.6 is 0 Å². The summed E-state index contributed by atoms with van der Waals surface area (Å²) >= 11 is 0. The predicted molar refractivity (Wildman–Crippen MR) is 70.9 cm³/mol. The molecule has 3 nitrogen and oxygen atoms in total. The van der Waals surface area contributed by atoms with E-state index >= 15 is 0 Å². The molecule has 2 rings (SSSR count). The molecule has 0 saturated heterocycles. The van der Waals surface area contributed by atoms with Crippen LogP contribution in [0.4, 0.5) is 0 Å². The second kappa shape index (κ2) is 5.98. The van der Waals surface area contributed by atoms with Crippen molar-refractivity contribution in [1.82, 2.24) is 4.98 Å². The van der Waals surface area contributed by atoms with Crippen molar-refractivity contribution in [2.45, 2.75) is 39.5 Å². The van der Waals surface area contributed by atoms with Crippen molar-refractivity contribution in [2.75, 3.05) is 6.61 Å². The molecular weight excluding hydrogens is 226 g/mol. The second-order valence-electron chi connectivity index (χ2n) is 5.14. The molecule has 3 heteroatoms. The lowest BCUT2D eigenvalue weighted by Crippen LogP contribution is -2.17. The minimum Gasteiger partial charge on any atom is -0.492 e. The largest absolute Gasteiger partial charge is 0.492 e. The molecule has 1 saturated carbocycles. The highest BCUT2D eigenvalue weighted by molar-refractivity contribution is 5.98. The fourth-order valence-corrected chi connectivity index (χ4v) is 2.60. The normalized spacial score (nSPS) is 23.0. The zero-order chi connectivity index (χ0) is 13.0. The number of Topliss-reactive ketones (excluding diaryl/α,β-unsaturated/α-hetero) is 1. The molecule has 18 heavy (non-hydrogen) atoms. The molecule has 98 valence electrons. The Bertz CT molecular complexity index is 417. The van der Waals surface area contributed by atoms with Gasteiger partial charge in [0.1, 0.15) is 5.75 Å². The van der Waals surface area contributed by atoms with E-state index in [9.17, 15) is 4.79 Å². The van der Waals surface area contributed by atoms with Gasteiger partial charge in [-0.3, -0.25) is 9.78 Å². The maximum Gasteiger partial charge on any atom is 0.167 e. The van der Waals surface area contributed by atoms with Gasteiger partial charge < -0.3 is 4.74 Å². The first-order valence-electron chi connectivity index (χ1n) is 6.84. The second-order valence-corrected chi connectivity index (χ2v) is 5.14. The Labute approximate surface area is 109 Å². The average Bonchev–Trinajstić information content (AvgIpc) is 2.82. The number of carbonyl (C=O) groups is 1. The number of hydrogen-bond donors (Lipinski definition) is 0. The summed E-state index contributed by atoms with van der Waals surface area (Å²) in [5.74, 6) is 1.61. The van der Waals surface area contributed by atoms with Gasteiger partial charge in [-0.05, 0) is 31.2 Å². The summed E-state index contributed by atoms with van der Waals surface area (Å²) in [7, 11) is 0. The smallest absolute Gasteiger partial charge is 0.167 e. The van der Waals surface area contributed by atoms with Crippen LogP contribution in [0.25, 0.3) is 0 Å². The quantitative estimate of drug-likeness (QED) is 0.748. The van der Waals surface area contributed by atoms with Gasteiger partial charge in [-0.15, -0.1) is 0 Å². The molecule has 1 aliphatic carbocycles. The van der Waals surface area contributed by atoms with Crippen LogP contribution < -0.4 is 4.74 Å². The van der Waals surface area contributed by atoms with Gasteiger partial charge in [-0.1, -0.05) is 20.3 Å². The lowest BCUT2D eigenvalue weighted by molar-refractivity contribution is 0.0896. The highest BCUT2D eigenvalue weighted by Crippen LogP contribution is 2.33. The third kappa shape index (κ3) is 2.89. The molecule has 0 N–H and O–H groups in total. The Kier molecular flexibility index (Phi) is 4.34. The van der Waals surface area contributed by atoms with Crippen LogP contribution in [-0.2, 0) is 0 Å². The van der Waals surface area contributed by atoms with E-state index in [1.54, 1.807) is 12.4 Å². The molecule has 2 unspecified atom stereocenters. The van der Waals surface area contributed by atoms with Crippen molar-refractivity contribution in [1.29, 1.82) is 0 Å². The molecule has 0 spiro atoms. The van der Waals surface area contributed by atoms with Crippen molar-refractivity contribution >= 4 is 5.78 Å². The molecule has 1 fully saturated rings. The van der Waals surface area contributed by atoms with Crippen molar-refractivity contribution in [3.8, 4) is 5.75 Å². The van der Waals surface area contributed by atoms with Gasteiger partial charge in [0.15, 0.2) is 5.78 Å². The molecular formula is C15H21NO2. The van der Waals surface area contributed by atoms with E-state index in [1.165, 1.54) is 0 Å². The minimum atomic E-state index is 0.174. The van der Waals surface area contributed by atoms with Crippen LogP contribution in [0.5, 0.6) is 5.75 Å². The average molecular weight is 247 g/mol. The zero-order valence-corrected chi connectivity index (χ0v) is 11.2. The molecule has 1 aromatic rings. The topological polar surface area (TPSA) is 39.2 Å². The Hall–Kier alpha value is -1.38. The third-order valence-corrected chi connectivity index (χ3v) is 3.67. The van der Waals surface area contributed by atoms with E-state index < -0.39 is 0 Å². The molecule has 0 radical (unpaired) electrons. The van der Waals surface area contributed by atoms with Crippen LogP contribution in [0, 0.1) is 11.8 Å². The fraction of sp³-hybridized carbons (Fsp3) is 0.600. The SMILES string of the molecule is CCCOc1cncc(C(=O)C2CCCC2C)c1. The van der Waals surface area contributed by atoms with Crippen LogP contribution in [0.15, 0.2) is 18.5 Å². The lowest BCUT2D eigenvalue weighted by atomic mass is 9.90. The molecule has 0 aromatic carbocycles. The number of ketones is 1. The van der Waals surface area contributed by atoms with E-state index in [4.69, 9.17) is 4.74 Å². The van der Waals surface area contributed by atoms with Crippen LogP contribution in [0.3, 0.4) is 0 Å². The van der Waals surface area contributed by atoms with Crippen LogP contribution in [-0.4, -0.2) is 17.4 Å². The first kappa shape index (κ1) is 13.1. The Morgan fingerprint density at radius 1 is 1.44 bits per heavy atom. The van der Waals surface area contributed by atoms with Crippen LogP contribution in [0.1, 0.15) is 49.9 Å². The summed E-state index contributed by atoms with van der Waals surface area (Å²) in [4.78, 5) is 16.5. The van der Waals surface area contributed by atoms with Gasteiger partial charge >= 0.3 is 0 Å². The summed E-state index contributed by atoms with van der Waals surface area (Å²) in [5.41, 5.74) is 0.697. The van der Waals surface area contributed by atoms with Crippen LogP contribution in [0.2, 0.25) is 0 Å². The summed E-state index contributed by atoms with van der Waals surface area (Å²) in [6.07, 6.45) is 7.63. The van der Waals surface area contributed by atoms with Crippen molar-refractivity contribution in [2.24, 2.45) is 11.8 Å². The number of rotatable bonds is 5. The standard InChI is InChI=1S/C15H21NO2/c1-3-7-18-13-8-12(9-16-10-13)15(17)14-6-4-5-11(14)2/h8-11,14H,3-7H2,1-2H3. The molecule has 0 aliphatic heterocycles. The molecule has 1 aromatic heterocycles. The van der Waals surface area contributed by atoms with Gasteiger partial charge in [0.2, 0.25) is 0 Å². The molecule has 1 heterocycles. The predicted octanol–water partition coefficient (Wildman–Crippen LogP) is 3.49. The van der Waals surface area contributed by atoms with Crippen molar-refractivity contribution in [3.63, 3.8) is 0 Å². The van der Waals surface area contributed by atoms with E-state index in [0.29, 0.717) is 23.8 Å². The first-order chi connectivity index (χ1) is 8.72. The molecule has 2 atom stereocenters. The van der Waals surface area contributed by atoms with Gasteiger partial charge in [-0.2, -0.15) is 0 Å². The molecule has 0 bridgehead atoms. The first-order valence-corrected chi connectivity index (χ1v) is 6.84. The molecule has 0 amide bonds. The summed E-state index contributed by atoms with van der Waals surface area (Å²) < 4.78 is 5.52. The minimum absolute atomic E-state index is 0.174. The summed E-state index contributed by atoms with van der Waals surface area (Å²) in [6.45, 7) is 4.89. The summed E-state index contributed by atoms with van der Waals surface area (Å²) in [6, 6.07) is 1.83. The number of nitrogens with zero attached hydrogens (tertiary/aromatic N) is 1. The van der Waals surface area contributed by atoms with E-state index in [0.717, 1.165) is 25.7 Å². The Balaban J connectivity index is 2.10. The van der Waals surface area contributed by atoms with Crippen molar-refractivity contribution in [3.05, 3.63) is 24.0 Å². The number of hydrogen-bond acceptors (Lipinski definition) is 3. The monoisotopic (exact) mass is 247 g/mol. The maximum absolute atomic E-state index is 12.4. The van der Waals surface area contributed by atoms with E-state index in [-0.39, 0.29) is 11.7 Å². The van der Waals surface area contributed by atoms with Gasteiger partial charge in [0, 0.05) is 17.7 Å². The van der Waals surface area contributed by atoms with E-state index in [2.05, 4.69) is 18.8 Å².